The van der Waals surface area contributed by atoms with Gasteiger partial charge in [-0.25, -0.2) is 9.37 Å². The molecule has 0 aliphatic heterocycles. The lowest BCUT2D eigenvalue weighted by atomic mass is 10.0. The summed E-state index contributed by atoms with van der Waals surface area (Å²) in [6.07, 6.45) is -0.236. The number of H-pyrrole nitrogens is 1. The van der Waals surface area contributed by atoms with E-state index in [-0.39, 0.29) is 11.9 Å². The monoisotopic (exact) mass is 298 g/mol. The van der Waals surface area contributed by atoms with E-state index in [1.54, 1.807) is 6.07 Å². The third-order valence-electron chi connectivity index (χ3n) is 3.71. The molecule has 1 heterocycles. The molecule has 4 heteroatoms. The van der Waals surface area contributed by atoms with Gasteiger partial charge in [0, 0.05) is 0 Å². The summed E-state index contributed by atoms with van der Waals surface area (Å²) in [5.74, 6) is 1.70. The van der Waals surface area contributed by atoms with Gasteiger partial charge in [0.25, 0.3) is 0 Å². The van der Waals surface area contributed by atoms with Crippen LogP contribution in [0.2, 0.25) is 0 Å². The van der Waals surface area contributed by atoms with E-state index in [1.165, 1.54) is 17.7 Å². The summed E-state index contributed by atoms with van der Waals surface area (Å²) in [6, 6.07) is 12.6. The SMILES string of the molecule is CC(C)c1ccc(O[C@@H](C)c2nc3ccc(F)cc3[nH]2)cc1. The minimum absolute atomic E-state index is 0.236. The molecule has 0 fully saturated rings. The Labute approximate surface area is 129 Å². The molecule has 0 bridgehead atoms. The predicted molar refractivity (Wildman–Crippen MR) is 85.6 cm³/mol. The fourth-order valence-electron chi connectivity index (χ4n) is 2.39. The van der Waals surface area contributed by atoms with Crippen molar-refractivity contribution in [2.75, 3.05) is 0 Å². The highest BCUT2D eigenvalue weighted by atomic mass is 19.1. The molecule has 2 aromatic carbocycles. The largest absolute Gasteiger partial charge is 0.483 e. The van der Waals surface area contributed by atoms with Gasteiger partial charge in [-0.15, -0.1) is 0 Å². The molecular formula is C18H19FN2O. The highest BCUT2D eigenvalue weighted by Gasteiger charge is 2.13. The molecule has 3 rings (SSSR count). The number of aromatic amines is 1. The number of fused-ring (bicyclic) bond motifs is 1. The average Bonchev–Trinajstić information content (AvgIpc) is 2.91. The molecule has 0 saturated carbocycles. The van der Waals surface area contributed by atoms with Crippen molar-refractivity contribution >= 4 is 11.0 Å². The summed E-state index contributed by atoms with van der Waals surface area (Å²) >= 11 is 0. The maximum atomic E-state index is 13.2. The Kier molecular flexibility index (Phi) is 3.84. The number of hydrogen-bond acceptors (Lipinski definition) is 2. The van der Waals surface area contributed by atoms with Crippen LogP contribution in [0.1, 0.15) is 44.2 Å². The van der Waals surface area contributed by atoms with Crippen molar-refractivity contribution in [1.29, 1.82) is 0 Å². The van der Waals surface area contributed by atoms with Crippen LogP contribution in [0.3, 0.4) is 0 Å². The van der Waals surface area contributed by atoms with Crippen molar-refractivity contribution < 1.29 is 9.13 Å². The number of nitrogens with one attached hydrogen (secondary N) is 1. The Morgan fingerprint density at radius 3 is 2.45 bits per heavy atom. The number of hydrogen-bond donors (Lipinski definition) is 1. The summed E-state index contributed by atoms with van der Waals surface area (Å²) in [5.41, 5.74) is 2.70. The smallest absolute Gasteiger partial charge is 0.153 e. The third-order valence-corrected chi connectivity index (χ3v) is 3.71. The van der Waals surface area contributed by atoms with Gasteiger partial charge in [0.1, 0.15) is 17.4 Å². The van der Waals surface area contributed by atoms with Gasteiger partial charge in [-0.1, -0.05) is 26.0 Å². The fourth-order valence-corrected chi connectivity index (χ4v) is 2.39. The van der Waals surface area contributed by atoms with E-state index in [1.807, 2.05) is 19.1 Å². The van der Waals surface area contributed by atoms with Crippen molar-refractivity contribution in [2.45, 2.75) is 32.8 Å². The molecule has 3 nitrogen and oxygen atoms in total. The van der Waals surface area contributed by atoms with Gasteiger partial charge in [-0.3, -0.25) is 0 Å². The van der Waals surface area contributed by atoms with Crippen LogP contribution in [0.5, 0.6) is 5.75 Å². The van der Waals surface area contributed by atoms with Crippen LogP contribution in [0.4, 0.5) is 4.39 Å². The number of halogens is 1. The summed E-state index contributed by atoms with van der Waals surface area (Å²) in [7, 11) is 0. The Morgan fingerprint density at radius 1 is 1.05 bits per heavy atom. The Balaban J connectivity index is 1.78. The van der Waals surface area contributed by atoms with E-state index in [0.29, 0.717) is 17.3 Å². The maximum absolute atomic E-state index is 13.2. The van der Waals surface area contributed by atoms with Crippen LogP contribution < -0.4 is 4.74 Å². The van der Waals surface area contributed by atoms with Crippen LogP contribution in [0.15, 0.2) is 42.5 Å². The second-order valence-electron chi connectivity index (χ2n) is 5.77. The molecule has 3 aromatic rings. The highest BCUT2D eigenvalue weighted by molar-refractivity contribution is 5.75. The first-order valence-corrected chi connectivity index (χ1v) is 7.44. The molecule has 0 radical (unpaired) electrons. The predicted octanol–water partition coefficient (Wildman–Crippen LogP) is 4.97. The normalized spacial score (nSPS) is 12.8. The second-order valence-corrected chi connectivity index (χ2v) is 5.77. The molecule has 0 amide bonds. The number of rotatable bonds is 4. The molecule has 0 aliphatic rings. The van der Waals surface area contributed by atoms with Gasteiger partial charge in [-0.2, -0.15) is 0 Å². The number of benzene rings is 2. The summed E-state index contributed by atoms with van der Waals surface area (Å²) < 4.78 is 19.1. The summed E-state index contributed by atoms with van der Waals surface area (Å²) in [4.78, 5) is 7.56. The molecule has 0 spiro atoms. The van der Waals surface area contributed by atoms with Crippen molar-refractivity contribution in [3.8, 4) is 5.75 Å². The molecule has 0 aliphatic carbocycles. The molecule has 1 atom stereocenters. The van der Waals surface area contributed by atoms with Crippen LogP contribution in [0.25, 0.3) is 11.0 Å². The molecule has 1 N–H and O–H groups in total. The van der Waals surface area contributed by atoms with E-state index in [2.05, 4.69) is 35.9 Å². The lowest BCUT2D eigenvalue weighted by Crippen LogP contribution is -2.05. The van der Waals surface area contributed by atoms with Gasteiger partial charge < -0.3 is 9.72 Å². The van der Waals surface area contributed by atoms with E-state index >= 15 is 0 Å². The van der Waals surface area contributed by atoms with E-state index in [0.717, 1.165) is 11.3 Å². The second kappa shape index (κ2) is 5.79. The lowest BCUT2D eigenvalue weighted by Gasteiger charge is -2.13. The van der Waals surface area contributed by atoms with Crippen LogP contribution in [-0.2, 0) is 0 Å². The Bertz CT molecular complexity index is 777. The first kappa shape index (κ1) is 14.6. The minimum atomic E-state index is -0.277. The van der Waals surface area contributed by atoms with Crippen molar-refractivity contribution in [3.05, 3.63) is 59.7 Å². The van der Waals surface area contributed by atoms with E-state index < -0.39 is 0 Å². The quantitative estimate of drug-likeness (QED) is 0.738. The molecule has 0 saturated heterocycles. The standard InChI is InChI=1S/C18H19FN2O/c1-11(2)13-4-7-15(8-5-13)22-12(3)18-20-16-9-6-14(19)10-17(16)21-18/h4-12H,1-3H3,(H,20,21)/t12-/m0/s1. The fraction of sp³-hybridized carbons (Fsp3) is 0.278. The molecule has 1 aromatic heterocycles. The first-order chi connectivity index (χ1) is 10.5. The van der Waals surface area contributed by atoms with Gasteiger partial charge in [0.2, 0.25) is 0 Å². The van der Waals surface area contributed by atoms with Crippen molar-refractivity contribution in [1.82, 2.24) is 9.97 Å². The lowest BCUT2D eigenvalue weighted by molar-refractivity contribution is 0.218. The zero-order valence-electron chi connectivity index (χ0n) is 12.9. The zero-order valence-corrected chi connectivity index (χ0v) is 12.9. The molecule has 22 heavy (non-hydrogen) atoms. The molecule has 114 valence electrons. The Hall–Kier alpha value is -2.36. The highest BCUT2D eigenvalue weighted by Crippen LogP contribution is 2.24. The molecular weight excluding hydrogens is 279 g/mol. The van der Waals surface area contributed by atoms with Crippen LogP contribution in [-0.4, -0.2) is 9.97 Å². The number of nitrogens with zero attached hydrogens (tertiary/aromatic N) is 1. The van der Waals surface area contributed by atoms with Crippen molar-refractivity contribution in [3.63, 3.8) is 0 Å². The van der Waals surface area contributed by atoms with Crippen molar-refractivity contribution in [2.24, 2.45) is 0 Å². The topological polar surface area (TPSA) is 37.9 Å². The molecule has 0 unspecified atom stereocenters. The summed E-state index contributed by atoms with van der Waals surface area (Å²) in [6.45, 7) is 6.24. The first-order valence-electron chi connectivity index (χ1n) is 7.44. The number of aromatic nitrogens is 2. The average molecular weight is 298 g/mol. The minimum Gasteiger partial charge on any atom is -0.483 e. The van der Waals surface area contributed by atoms with Gasteiger partial charge >= 0.3 is 0 Å². The van der Waals surface area contributed by atoms with E-state index in [4.69, 9.17) is 4.74 Å². The van der Waals surface area contributed by atoms with Gasteiger partial charge in [-0.05, 0) is 48.7 Å². The number of imidazole rings is 1. The zero-order chi connectivity index (χ0) is 15.7. The number of ether oxygens (including phenoxy) is 1. The van der Waals surface area contributed by atoms with Crippen LogP contribution in [0, 0.1) is 5.82 Å². The Morgan fingerprint density at radius 2 is 1.77 bits per heavy atom. The van der Waals surface area contributed by atoms with Gasteiger partial charge in [0.15, 0.2) is 6.10 Å². The third kappa shape index (κ3) is 2.96. The maximum Gasteiger partial charge on any atom is 0.153 e. The van der Waals surface area contributed by atoms with Crippen LogP contribution >= 0.6 is 0 Å². The summed E-state index contributed by atoms with van der Waals surface area (Å²) in [5, 5.41) is 0. The van der Waals surface area contributed by atoms with E-state index in [9.17, 15) is 4.39 Å². The van der Waals surface area contributed by atoms with Gasteiger partial charge in [0.05, 0.1) is 11.0 Å².